The fourth-order valence-corrected chi connectivity index (χ4v) is 4.91. The van der Waals surface area contributed by atoms with Crippen LogP contribution < -0.4 is 10.5 Å². The van der Waals surface area contributed by atoms with Crippen LogP contribution in [-0.4, -0.2) is 44.4 Å². The second kappa shape index (κ2) is 12.1. The lowest BCUT2D eigenvalue weighted by Crippen LogP contribution is -2.27. The molecule has 0 radical (unpaired) electrons. The number of esters is 1. The van der Waals surface area contributed by atoms with Crippen molar-refractivity contribution in [3.05, 3.63) is 52.2 Å². The lowest BCUT2D eigenvalue weighted by atomic mass is 10.1. The fraction of sp³-hybridized carbons (Fsp3) is 0.417. The zero-order valence-electron chi connectivity index (χ0n) is 19.1. The molecule has 184 valence electrons. The number of anilines is 1. The van der Waals surface area contributed by atoms with Crippen molar-refractivity contribution in [3.8, 4) is 10.4 Å². The van der Waals surface area contributed by atoms with Gasteiger partial charge in [0.05, 0.1) is 17.9 Å². The average Bonchev–Trinajstić information content (AvgIpc) is 3.31. The molecular formula is C24H29NO7S2. The smallest absolute Gasteiger partial charge is 0.345 e. The van der Waals surface area contributed by atoms with Crippen LogP contribution in [0.3, 0.4) is 0 Å². The van der Waals surface area contributed by atoms with E-state index in [1.807, 2.05) is 40.6 Å². The zero-order valence-corrected chi connectivity index (χ0v) is 20.7. The quantitative estimate of drug-likeness (QED) is 0.153. The van der Waals surface area contributed by atoms with E-state index in [1.54, 1.807) is 13.0 Å². The summed E-state index contributed by atoms with van der Waals surface area (Å²) in [5, 5.41) is 2.69. The summed E-state index contributed by atoms with van der Waals surface area (Å²) in [7, 11) is -4.05. The van der Waals surface area contributed by atoms with Crippen molar-refractivity contribution >= 4 is 44.1 Å². The van der Waals surface area contributed by atoms with Gasteiger partial charge in [-0.15, -0.1) is 11.3 Å². The maximum atomic E-state index is 12.5. The van der Waals surface area contributed by atoms with Gasteiger partial charge in [-0.1, -0.05) is 12.5 Å². The van der Waals surface area contributed by atoms with Gasteiger partial charge in [0.25, 0.3) is 10.1 Å². The summed E-state index contributed by atoms with van der Waals surface area (Å²) >= 11 is 1.47. The molecule has 2 aromatic heterocycles. The monoisotopic (exact) mass is 507 g/mol. The number of hydrogen-bond donors (Lipinski definition) is 1. The third kappa shape index (κ3) is 7.68. The Balaban J connectivity index is 1.73. The van der Waals surface area contributed by atoms with Gasteiger partial charge in [-0.2, -0.15) is 8.42 Å². The molecule has 0 spiro atoms. The first-order valence-corrected chi connectivity index (χ1v) is 13.7. The molecule has 0 atom stereocenters. The van der Waals surface area contributed by atoms with Crippen LogP contribution in [0.1, 0.15) is 39.0 Å². The molecule has 1 N–H and O–H groups in total. The van der Waals surface area contributed by atoms with E-state index in [9.17, 15) is 18.0 Å². The number of hydrogen-bond acceptors (Lipinski definition) is 8. The SMILES string of the molecule is CCOC(=O)CCCCCN(CCCS(=O)(=O)O)c1ccc2cc(-c3cccs3)c(=O)oc2c1. The highest BCUT2D eigenvalue weighted by Crippen LogP contribution is 2.27. The summed E-state index contributed by atoms with van der Waals surface area (Å²) in [5.41, 5.74) is 1.34. The van der Waals surface area contributed by atoms with Crippen LogP contribution >= 0.6 is 11.3 Å². The largest absolute Gasteiger partial charge is 0.466 e. The molecule has 0 saturated carbocycles. The Labute approximate surface area is 202 Å². The number of nitrogens with zero attached hydrogens (tertiary/aromatic N) is 1. The van der Waals surface area contributed by atoms with Crippen LogP contribution in [0.15, 0.2) is 51.0 Å². The molecule has 0 unspecified atom stereocenters. The van der Waals surface area contributed by atoms with Crippen LogP contribution in [0.4, 0.5) is 5.69 Å². The normalized spacial score (nSPS) is 11.6. The summed E-state index contributed by atoms with van der Waals surface area (Å²) in [6, 6.07) is 11.1. The second-order valence-electron chi connectivity index (χ2n) is 7.89. The molecule has 0 fully saturated rings. The van der Waals surface area contributed by atoms with E-state index in [0.717, 1.165) is 28.8 Å². The summed E-state index contributed by atoms with van der Waals surface area (Å²) in [5.74, 6) is -0.543. The summed E-state index contributed by atoms with van der Waals surface area (Å²) < 4.78 is 41.9. The van der Waals surface area contributed by atoms with Crippen molar-refractivity contribution < 1.29 is 26.9 Å². The highest BCUT2D eigenvalue weighted by atomic mass is 32.2. The maximum absolute atomic E-state index is 12.5. The Hall–Kier alpha value is -2.69. The Bertz CT molecular complexity index is 1250. The summed E-state index contributed by atoms with van der Waals surface area (Å²) in [4.78, 5) is 26.9. The molecule has 0 saturated heterocycles. The summed E-state index contributed by atoms with van der Waals surface area (Å²) in [6.07, 6.45) is 2.91. The minimum absolute atomic E-state index is 0.209. The number of carbonyl (C=O) groups is 1. The van der Waals surface area contributed by atoms with Gasteiger partial charge in [0.15, 0.2) is 0 Å². The van der Waals surface area contributed by atoms with E-state index in [0.29, 0.717) is 43.7 Å². The van der Waals surface area contributed by atoms with E-state index in [1.165, 1.54) is 11.3 Å². The summed E-state index contributed by atoms with van der Waals surface area (Å²) in [6.45, 7) is 3.17. The second-order valence-corrected chi connectivity index (χ2v) is 10.4. The predicted octanol–water partition coefficient (Wildman–Crippen LogP) is 4.73. The average molecular weight is 508 g/mol. The Kier molecular flexibility index (Phi) is 9.26. The van der Waals surface area contributed by atoms with Gasteiger partial charge in [0, 0.05) is 41.5 Å². The predicted molar refractivity (Wildman–Crippen MR) is 134 cm³/mol. The van der Waals surface area contributed by atoms with Gasteiger partial charge in [0.1, 0.15) is 5.58 Å². The topological polar surface area (TPSA) is 114 Å². The van der Waals surface area contributed by atoms with Gasteiger partial charge in [-0.05, 0) is 55.8 Å². The van der Waals surface area contributed by atoms with Crippen molar-refractivity contribution in [2.75, 3.05) is 30.3 Å². The van der Waals surface area contributed by atoms with Crippen molar-refractivity contribution in [1.82, 2.24) is 0 Å². The van der Waals surface area contributed by atoms with E-state index < -0.39 is 15.7 Å². The minimum Gasteiger partial charge on any atom is -0.466 e. The standard InChI is InChI=1S/C24H29NO7S2/c1-2-31-23(26)9-4-3-5-12-25(13-7-15-34(28,29)30)19-11-10-18-16-20(22-8-6-14-33-22)24(27)32-21(18)17-19/h6,8,10-11,14,16-17H,2-5,7,9,12-13,15H2,1H3,(H,28,29,30). The highest BCUT2D eigenvalue weighted by Gasteiger charge is 2.13. The molecule has 10 heteroatoms. The number of ether oxygens (including phenoxy) is 1. The molecule has 3 aromatic rings. The van der Waals surface area contributed by atoms with Crippen LogP contribution in [0.5, 0.6) is 0 Å². The van der Waals surface area contributed by atoms with Crippen LogP contribution in [0.2, 0.25) is 0 Å². The van der Waals surface area contributed by atoms with Crippen LogP contribution in [0.25, 0.3) is 21.4 Å². The van der Waals surface area contributed by atoms with E-state index in [4.69, 9.17) is 13.7 Å². The number of carbonyl (C=O) groups excluding carboxylic acids is 1. The maximum Gasteiger partial charge on any atom is 0.345 e. The molecule has 2 heterocycles. The first-order chi connectivity index (χ1) is 16.3. The Morgan fingerprint density at radius 3 is 2.62 bits per heavy atom. The third-order valence-corrected chi connectivity index (χ3v) is 7.02. The van der Waals surface area contributed by atoms with E-state index >= 15 is 0 Å². The molecule has 0 aliphatic rings. The molecule has 8 nitrogen and oxygen atoms in total. The lowest BCUT2D eigenvalue weighted by Gasteiger charge is -2.25. The number of benzene rings is 1. The molecular weight excluding hydrogens is 478 g/mol. The number of unbranched alkanes of at least 4 members (excludes halogenated alkanes) is 2. The molecule has 34 heavy (non-hydrogen) atoms. The van der Waals surface area contributed by atoms with Gasteiger partial charge in [-0.25, -0.2) is 4.79 Å². The minimum atomic E-state index is -4.05. The number of fused-ring (bicyclic) bond motifs is 1. The molecule has 0 aliphatic carbocycles. The molecule has 0 aliphatic heterocycles. The number of thiophene rings is 1. The van der Waals surface area contributed by atoms with Crippen molar-refractivity contribution in [1.29, 1.82) is 0 Å². The first-order valence-electron chi connectivity index (χ1n) is 11.2. The zero-order chi connectivity index (χ0) is 24.6. The van der Waals surface area contributed by atoms with Crippen LogP contribution in [-0.2, 0) is 19.6 Å². The van der Waals surface area contributed by atoms with Crippen LogP contribution in [0, 0.1) is 0 Å². The Morgan fingerprint density at radius 2 is 1.91 bits per heavy atom. The van der Waals surface area contributed by atoms with Gasteiger partial charge >= 0.3 is 11.6 Å². The number of rotatable bonds is 13. The molecule has 3 rings (SSSR count). The first kappa shape index (κ1) is 25.9. The Morgan fingerprint density at radius 1 is 1.12 bits per heavy atom. The van der Waals surface area contributed by atoms with Crippen molar-refractivity contribution in [3.63, 3.8) is 0 Å². The van der Waals surface area contributed by atoms with Crippen molar-refractivity contribution in [2.24, 2.45) is 0 Å². The van der Waals surface area contributed by atoms with E-state index in [-0.39, 0.29) is 18.1 Å². The lowest BCUT2D eigenvalue weighted by molar-refractivity contribution is -0.143. The third-order valence-electron chi connectivity index (χ3n) is 5.32. The fourth-order valence-electron chi connectivity index (χ4n) is 3.69. The van der Waals surface area contributed by atoms with Gasteiger partial charge < -0.3 is 14.1 Å². The molecule has 0 amide bonds. The molecule has 0 bridgehead atoms. The highest BCUT2D eigenvalue weighted by molar-refractivity contribution is 7.85. The molecule has 1 aromatic carbocycles. The van der Waals surface area contributed by atoms with Crippen molar-refractivity contribution in [2.45, 2.75) is 39.0 Å². The van der Waals surface area contributed by atoms with E-state index in [2.05, 4.69) is 0 Å². The van der Waals surface area contributed by atoms with Gasteiger partial charge in [0.2, 0.25) is 0 Å². The van der Waals surface area contributed by atoms with Gasteiger partial charge in [-0.3, -0.25) is 9.35 Å².